The van der Waals surface area contributed by atoms with Gasteiger partial charge in [-0.05, 0) is 81.6 Å². The Balaban J connectivity index is 1.21. The van der Waals surface area contributed by atoms with E-state index in [9.17, 15) is 0 Å². The Morgan fingerprint density at radius 3 is 1.90 bits per heavy atom. The maximum Gasteiger partial charge on any atom is 0.0467 e. The third-order valence-electron chi connectivity index (χ3n) is 8.04. The van der Waals surface area contributed by atoms with Crippen molar-refractivity contribution in [2.75, 3.05) is 4.90 Å². The fourth-order valence-electron chi connectivity index (χ4n) is 5.98. The molecule has 0 aliphatic carbocycles. The van der Waals surface area contributed by atoms with Crippen molar-refractivity contribution in [3.63, 3.8) is 0 Å². The Morgan fingerprint density at radius 2 is 1.02 bits per heavy atom. The van der Waals surface area contributed by atoms with Crippen molar-refractivity contribution in [1.29, 1.82) is 0 Å². The SMILES string of the molecule is c1ccc(N(c2ccc(-c3cccc4c3sc3ccccc34)cc2)c2cccc(-c3ccc4ccccc4c3)c2)cc1. The van der Waals surface area contributed by atoms with Crippen LogP contribution >= 0.6 is 11.3 Å². The molecule has 1 aromatic heterocycles. The second-order valence-electron chi connectivity index (χ2n) is 10.6. The number of hydrogen-bond donors (Lipinski definition) is 0. The summed E-state index contributed by atoms with van der Waals surface area (Å²) in [7, 11) is 0. The lowest BCUT2D eigenvalue weighted by atomic mass is 10.00. The van der Waals surface area contributed by atoms with E-state index in [0.29, 0.717) is 0 Å². The van der Waals surface area contributed by atoms with Crippen LogP contribution in [0.1, 0.15) is 0 Å². The van der Waals surface area contributed by atoms with Crippen LogP contribution in [0.25, 0.3) is 53.2 Å². The van der Waals surface area contributed by atoms with Gasteiger partial charge >= 0.3 is 0 Å². The Bertz CT molecular complexity index is 2190. The van der Waals surface area contributed by atoms with Crippen LogP contribution in [0.4, 0.5) is 17.1 Å². The predicted molar refractivity (Wildman–Crippen MR) is 182 cm³/mol. The predicted octanol–water partition coefficient (Wildman–Crippen LogP) is 12.0. The van der Waals surface area contributed by atoms with Crippen molar-refractivity contribution in [1.82, 2.24) is 0 Å². The number of fused-ring (bicyclic) bond motifs is 4. The molecule has 198 valence electrons. The molecule has 0 unspecified atom stereocenters. The van der Waals surface area contributed by atoms with E-state index < -0.39 is 0 Å². The number of nitrogens with zero attached hydrogens (tertiary/aromatic N) is 1. The number of benzene rings is 7. The lowest BCUT2D eigenvalue weighted by molar-refractivity contribution is 1.28. The summed E-state index contributed by atoms with van der Waals surface area (Å²) in [6.07, 6.45) is 0. The molecule has 0 radical (unpaired) electrons. The van der Waals surface area contributed by atoms with E-state index in [4.69, 9.17) is 0 Å². The van der Waals surface area contributed by atoms with Gasteiger partial charge < -0.3 is 4.90 Å². The minimum Gasteiger partial charge on any atom is -0.310 e. The van der Waals surface area contributed by atoms with Crippen molar-refractivity contribution in [3.8, 4) is 22.3 Å². The molecule has 0 spiro atoms. The summed E-state index contributed by atoms with van der Waals surface area (Å²) in [4.78, 5) is 2.34. The lowest BCUT2D eigenvalue weighted by Gasteiger charge is -2.26. The van der Waals surface area contributed by atoms with Gasteiger partial charge in [0.2, 0.25) is 0 Å². The first-order valence-corrected chi connectivity index (χ1v) is 15.1. The van der Waals surface area contributed by atoms with Crippen LogP contribution in [0.3, 0.4) is 0 Å². The molecule has 7 aromatic carbocycles. The molecular weight excluding hydrogens is 527 g/mol. The fourth-order valence-corrected chi connectivity index (χ4v) is 7.22. The molecule has 0 saturated heterocycles. The Morgan fingerprint density at radius 1 is 0.381 bits per heavy atom. The molecule has 1 nitrogen and oxygen atoms in total. The molecule has 0 saturated carbocycles. The summed E-state index contributed by atoms with van der Waals surface area (Å²) in [6, 6.07) is 59.1. The van der Waals surface area contributed by atoms with Crippen molar-refractivity contribution >= 4 is 59.3 Å². The normalized spacial score (nSPS) is 11.3. The first-order chi connectivity index (χ1) is 20.8. The van der Waals surface area contributed by atoms with Gasteiger partial charge in [-0.15, -0.1) is 11.3 Å². The summed E-state index contributed by atoms with van der Waals surface area (Å²) in [5, 5.41) is 5.17. The molecule has 0 aliphatic heterocycles. The third kappa shape index (κ3) is 4.34. The molecule has 0 fully saturated rings. The van der Waals surface area contributed by atoms with E-state index in [2.05, 4.69) is 169 Å². The topological polar surface area (TPSA) is 3.24 Å². The Hall–Kier alpha value is -5.18. The second kappa shape index (κ2) is 10.3. The van der Waals surface area contributed by atoms with Gasteiger partial charge in [0.25, 0.3) is 0 Å². The highest BCUT2D eigenvalue weighted by Gasteiger charge is 2.15. The van der Waals surface area contributed by atoms with E-state index in [1.807, 2.05) is 11.3 Å². The average molecular weight is 554 g/mol. The van der Waals surface area contributed by atoms with Crippen molar-refractivity contribution < 1.29 is 0 Å². The highest BCUT2D eigenvalue weighted by Crippen LogP contribution is 2.41. The summed E-state index contributed by atoms with van der Waals surface area (Å²) in [5.74, 6) is 0. The molecule has 2 heteroatoms. The van der Waals surface area contributed by atoms with E-state index in [1.54, 1.807) is 0 Å². The van der Waals surface area contributed by atoms with Crippen LogP contribution in [-0.4, -0.2) is 0 Å². The molecule has 0 atom stereocenters. The number of thiophene rings is 1. The number of para-hydroxylation sites is 1. The highest BCUT2D eigenvalue weighted by molar-refractivity contribution is 7.26. The molecule has 42 heavy (non-hydrogen) atoms. The van der Waals surface area contributed by atoms with Gasteiger partial charge in [0.15, 0.2) is 0 Å². The third-order valence-corrected chi connectivity index (χ3v) is 9.26. The Labute approximate surface area is 249 Å². The summed E-state index contributed by atoms with van der Waals surface area (Å²) < 4.78 is 2.67. The number of hydrogen-bond acceptors (Lipinski definition) is 2. The van der Waals surface area contributed by atoms with Crippen LogP contribution in [0.5, 0.6) is 0 Å². The largest absolute Gasteiger partial charge is 0.310 e. The minimum atomic E-state index is 1.13. The molecule has 0 bridgehead atoms. The monoisotopic (exact) mass is 553 g/mol. The van der Waals surface area contributed by atoms with Crippen molar-refractivity contribution in [2.24, 2.45) is 0 Å². The first kappa shape index (κ1) is 24.6. The smallest absolute Gasteiger partial charge is 0.0467 e. The van der Waals surface area contributed by atoms with Crippen LogP contribution in [-0.2, 0) is 0 Å². The van der Waals surface area contributed by atoms with Gasteiger partial charge in [-0.2, -0.15) is 0 Å². The number of anilines is 3. The van der Waals surface area contributed by atoms with Gasteiger partial charge in [0, 0.05) is 37.2 Å². The second-order valence-corrected chi connectivity index (χ2v) is 11.7. The Kier molecular flexibility index (Phi) is 6.05. The van der Waals surface area contributed by atoms with Crippen molar-refractivity contribution in [2.45, 2.75) is 0 Å². The van der Waals surface area contributed by atoms with Crippen LogP contribution in [0.15, 0.2) is 164 Å². The molecular formula is C40H27NS. The first-order valence-electron chi connectivity index (χ1n) is 14.3. The fraction of sp³-hybridized carbons (Fsp3) is 0. The zero-order chi connectivity index (χ0) is 27.9. The van der Waals surface area contributed by atoms with Gasteiger partial charge in [-0.25, -0.2) is 0 Å². The van der Waals surface area contributed by atoms with E-state index in [0.717, 1.165) is 17.1 Å². The standard InChI is InChI=1S/C40H27NS/c1-2-13-33(14-3-1)41(35-15-8-12-31(27-35)32-21-20-28-10-4-5-11-30(28)26-32)34-24-22-29(23-25-34)36-17-9-18-38-37-16-6-7-19-39(37)42-40(36)38/h1-27H. The quantitative estimate of drug-likeness (QED) is 0.205. The van der Waals surface area contributed by atoms with Gasteiger partial charge in [0.05, 0.1) is 0 Å². The lowest BCUT2D eigenvalue weighted by Crippen LogP contribution is -2.09. The molecule has 0 amide bonds. The highest BCUT2D eigenvalue weighted by atomic mass is 32.1. The summed E-state index contributed by atoms with van der Waals surface area (Å²) in [5.41, 5.74) is 8.32. The maximum atomic E-state index is 2.34. The van der Waals surface area contributed by atoms with Crippen LogP contribution < -0.4 is 4.90 Å². The van der Waals surface area contributed by atoms with Gasteiger partial charge in [0.1, 0.15) is 0 Å². The molecule has 8 aromatic rings. The van der Waals surface area contributed by atoms with E-state index in [-0.39, 0.29) is 0 Å². The van der Waals surface area contributed by atoms with Gasteiger partial charge in [-0.3, -0.25) is 0 Å². The van der Waals surface area contributed by atoms with Crippen LogP contribution in [0, 0.1) is 0 Å². The minimum absolute atomic E-state index is 1.13. The number of rotatable bonds is 5. The molecule has 0 N–H and O–H groups in total. The summed E-state index contributed by atoms with van der Waals surface area (Å²) in [6.45, 7) is 0. The average Bonchev–Trinajstić information content (AvgIpc) is 3.45. The maximum absolute atomic E-state index is 2.34. The summed E-state index contributed by atoms with van der Waals surface area (Å²) >= 11 is 1.88. The molecule has 8 rings (SSSR count). The van der Waals surface area contributed by atoms with Gasteiger partial charge in [-0.1, -0.05) is 115 Å². The van der Waals surface area contributed by atoms with E-state index >= 15 is 0 Å². The zero-order valence-electron chi connectivity index (χ0n) is 22.9. The molecule has 0 aliphatic rings. The van der Waals surface area contributed by atoms with Crippen LogP contribution in [0.2, 0.25) is 0 Å². The zero-order valence-corrected chi connectivity index (χ0v) is 23.8. The van der Waals surface area contributed by atoms with E-state index in [1.165, 1.54) is 53.2 Å². The molecule has 1 heterocycles. The van der Waals surface area contributed by atoms with Crippen molar-refractivity contribution in [3.05, 3.63) is 164 Å².